The van der Waals surface area contributed by atoms with Crippen molar-refractivity contribution in [2.75, 3.05) is 13.1 Å². The molecular weight excluding hydrogens is 404 g/mol. The standard InChI is InChI=1S/C25H22N4O3/c1-16(30)29-14-12-18(15-29)20-5-4-13-26-25(20)32-19-10-8-17(9-11-19)23(31)24-27-21-6-2-3-7-22(21)28-24/h2-11,13,18H,12,14-15H2,1H3,(H,27,28)/t18-/m0/s1. The topological polar surface area (TPSA) is 88.2 Å². The van der Waals surface area contributed by atoms with Crippen LogP contribution in [-0.2, 0) is 4.79 Å². The molecule has 2 aromatic heterocycles. The van der Waals surface area contributed by atoms with Crippen LogP contribution in [0.3, 0.4) is 0 Å². The fourth-order valence-electron chi connectivity index (χ4n) is 4.08. The van der Waals surface area contributed by atoms with Crippen molar-refractivity contribution >= 4 is 22.7 Å². The first-order valence-corrected chi connectivity index (χ1v) is 10.6. The second-order valence-corrected chi connectivity index (χ2v) is 7.91. The number of aromatic nitrogens is 3. The van der Waals surface area contributed by atoms with Crippen LogP contribution in [0.25, 0.3) is 11.0 Å². The van der Waals surface area contributed by atoms with Gasteiger partial charge in [-0.05, 0) is 48.9 Å². The van der Waals surface area contributed by atoms with Crippen molar-refractivity contribution < 1.29 is 14.3 Å². The highest BCUT2D eigenvalue weighted by atomic mass is 16.5. The molecule has 0 saturated carbocycles. The highest BCUT2D eigenvalue weighted by molar-refractivity contribution is 6.08. The van der Waals surface area contributed by atoms with E-state index in [1.54, 1.807) is 37.4 Å². The number of H-pyrrole nitrogens is 1. The zero-order valence-corrected chi connectivity index (χ0v) is 17.6. The molecule has 1 saturated heterocycles. The van der Waals surface area contributed by atoms with Gasteiger partial charge in [0, 0.05) is 43.3 Å². The number of ketones is 1. The van der Waals surface area contributed by atoms with E-state index in [4.69, 9.17) is 4.74 Å². The predicted molar refractivity (Wildman–Crippen MR) is 120 cm³/mol. The van der Waals surface area contributed by atoms with Crippen molar-refractivity contribution in [1.82, 2.24) is 19.9 Å². The van der Waals surface area contributed by atoms with Gasteiger partial charge in [0.25, 0.3) is 0 Å². The number of hydrogen-bond donors (Lipinski definition) is 1. The van der Waals surface area contributed by atoms with Gasteiger partial charge in [-0.2, -0.15) is 0 Å². The molecule has 2 aromatic carbocycles. The SMILES string of the molecule is CC(=O)N1CC[C@H](c2cccnc2Oc2ccc(C(=O)c3nc4ccccc4[nH]3)cc2)C1. The van der Waals surface area contributed by atoms with Gasteiger partial charge in [0.2, 0.25) is 17.6 Å². The van der Waals surface area contributed by atoms with Crippen molar-refractivity contribution in [3.8, 4) is 11.6 Å². The number of fused-ring (bicyclic) bond motifs is 1. The van der Waals surface area contributed by atoms with E-state index in [-0.39, 0.29) is 17.6 Å². The fourth-order valence-corrected chi connectivity index (χ4v) is 4.08. The highest BCUT2D eigenvalue weighted by Crippen LogP contribution is 2.34. The Morgan fingerprint density at radius 1 is 1.06 bits per heavy atom. The van der Waals surface area contributed by atoms with Gasteiger partial charge in [-0.25, -0.2) is 9.97 Å². The first-order chi connectivity index (χ1) is 15.6. The minimum absolute atomic E-state index is 0.0866. The highest BCUT2D eigenvalue weighted by Gasteiger charge is 2.28. The summed E-state index contributed by atoms with van der Waals surface area (Å²) in [5, 5.41) is 0. The molecule has 0 aliphatic carbocycles. The van der Waals surface area contributed by atoms with Crippen LogP contribution in [0.2, 0.25) is 0 Å². The predicted octanol–water partition coefficient (Wildman–Crippen LogP) is 4.32. The maximum absolute atomic E-state index is 12.8. The third-order valence-electron chi connectivity index (χ3n) is 5.81. The summed E-state index contributed by atoms with van der Waals surface area (Å²) in [4.78, 5) is 38.2. The molecule has 0 bridgehead atoms. The van der Waals surface area contributed by atoms with E-state index in [1.165, 1.54) is 0 Å². The van der Waals surface area contributed by atoms with Gasteiger partial charge in [-0.3, -0.25) is 9.59 Å². The molecule has 1 fully saturated rings. The van der Waals surface area contributed by atoms with Crippen LogP contribution in [0.1, 0.15) is 41.0 Å². The number of nitrogens with one attached hydrogen (secondary N) is 1. The molecule has 1 amide bonds. The summed E-state index contributed by atoms with van der Waals surface area (Å²) in [7, 11) is 0. The van der Waals surface area contributed by atoms with E-state index in [9.17, 15) is 9.59 Å². The van der Waals surface area contributed by atoms with Crippen LogP contribution in [-0.4, -0.2) is 44.6 Å². The molecule has 0 unspecified atom stereocenters. The minimum Gasteiger partial charge on any atom is -0.439 e. The van der Waals surface area contributed by atoms with E-state index in [1.807, 2.05) is 41.3 Å². The lowest BCUT2D eigenvalue weighted by Crippen LogP contribution is -2.25. The zero-order valence-electron chi connectivity index (χ0n) is 17.6. The molecule has 4 aromatic rings. The van der Waals surface area contributed by atoms with Crippen LogP contribution in [0, 0.1) is 0 Å². The third-order valence-corrected chi connectivity index (χ3v) is 5.81. The Hall–Kier alpha value is -4.00. The van der Waals surface area contributed by atoms with Crippen LogP contribution in [0.15, 0.2) is 66.9 Å². The summed E-state index contributed by atoms with van der Waals surface area (Å²) in [6, 6.07) is 18.4. The number of benzene rings is 2. The second-order valence-electron chi connectivity index (χ2n) is 7.91. The van der Waals surface area contributed by atoms with Gasteiger partial charge in [0.1, 0.15) is 5.75 Å². The van der Waals surface area contributed by atoms with Crippen molar-refractivity contribution in [2.24, 2.45) is 0 Å². The van der Waals surface area contributed by atoms with E-state index in [0.29, 0.717) is 29.6 Å². The third kappa shape index (κ3) is 3.85. The molecule has 1 N–H and O–H groups in total. The summed E-state index contributed by atoms with van der Waals surface area (Å²) in [5.41, 5.74) is 3.09. The maximum atomic E-state index is 12.8. The monoisotopic (exact) mass is 426 g/mol. The van der Waals surface area contributed by atoms with Crippen molar-refractivity contribution in [3.63, 3.8) is 0 Å². The number of aromatic amines is 1. The zero-order chi connectivity index (χ0) is 22.1. The molecule has 7 heteroatoms. The lowest BCUT2D eigenvalue weighted by atomic mass is 10.00. The molecule has 1 atom stereocenters. The maximum Gasteiger partial charge on any atom is 0.228 e. The number of para-hydroxylation sites is 2. The van der Waals surface area contributed by atoms with Gasteiger partial charge in [0.15, 0.2) is 5.82 Å². The number of nitrogens with zero attached hydrogens (tertiary/aromatic N) is 3. The van der Waals surface area contributed by atoms with Crippen molar-refractivity contribution in [1.29, 1.82) is 0 Å². The van der Waals surface area contributed by atoms with Gasteiger partial charge in [-0.15, -0.1) is 0 Å². The van der Waals surface area contributed by atoms with Crippen LogP contribution < -0.4 is 4.74 Å². The molecule has 3 heterocycles. The van der Waals surface area contributed by atoms with E-state index in [0.717, 1.165) is 29.6 Å². The quantitative estimate of drug-likeness (QED) is 0.480. The first-order valence-electron chi connectivity index (χ1n) is 10.6. The smallest absolute Gasteiger partial charge is 0.228 e. The second kappa shape index (κ2) is 8.26. The molecule has 5 rings (SSSR count). The number of carbonyl (C=O) groups excluding carboxylic acids is 2. The number of hydrogen-bond acceptors (Lipinski definition) is 5. The Morgan fingerprint density at radius 2 is 1.88 bits per heavy atom. The van der Waals surface area contributed by atoms with E-state index < -0.39 is 0 Å². The molecule has 1 aliphatic rings. The Labute approximate surface area is 185 Å². The fraction of sp³-hybridized carbons (Fsp3) is 0.200. The lowest BCUT2D eigenvalue weighted by molar-refractivity contribution is -0.127. The van der Waals surface area contributed by atoms with Crippen LogP contribution in [0.5, 0.6) is 11.6 Å². The van der Waals surface area contributed by atoms with Crippen molar-refractivity contribution in [2.45, 2.75) is 19.3 Å². The summed E-state index contributed by atoms with van der Waals surface area (Å²) >= 11 is 0. The number of rotatable bonds is 5. The number of amides is 1. The first kappa shape index (κ1) is 19.9. The molecule has 160 valence electrons. The number of ether oxygens (including phenoxy) is 1. The molecule has 7 nitrogen and oxygen atoms in total. The summed E-state index contributed by atoms with van der Waals surface area (Å²) < 4.78 is 6.06. The van der Waals surface area contributed by atoms with E-state index in [2.05, 4.69) is 15.0 Å². The lowest BCUT2D eigenvalue weighted by Gasteiger charge is -2.16. The van der Waals surface area contributed by atoms with Crippen molar-refractivity contribution in [3.05, 3.63) is 83.8 Å². The minimum atomic E-state index is -0.179. The Kier molecular flexibility index (Phi) is 5.15. The summed E-state index contributed by atoms with van der Waals surface area (Å²) in [5.74, 6) is 1.52. The average molecular weight is 426 g/mol. The van der Waals surface area contributed by atoms with Gasteiger partial charge < -0.3 is 14.6 Å². The number of carbonyl (C=O) groups is 2. The Balaban J connectivity index is 1.33. The van der Waals surface area contributed by atoms with Crippen LogP contribution in [0.4, 0.5) is 0 Å². The average Bonchev–Trinajstić information content (AvgIpc) is 3.47. The largest absolute Gasteiger partial charge is 0.439 e. The molecule has 0 radical (unpaired) electrons. The van der Waals surface area contributed by atoms with Gasteiger partial charge >= 0.3 is 0 Å². The number of likely N-dealkylation sites (tertiary alicyclic amines) is 1. The van der Waals surface area contributed by atoms with Crippen LogP contribution >= 0.6 is 0 Å². The summed E-state index contributed by atoms with van der Waals surface area (Å²) in [6.45, 7) is 3.01. The molecular formula is C25H22N4O3. The normalized spacial score (nSPS) is 15.8. The van der Waals surface area contributed by atoms with Gasteiger partial charge in [0.05, 0.1) is 11.0 Å². The Morgan fingerprint density at radius 3 is 2.62 bits per heavy atom. The Bertz CT molecular complexity index is 1260. The number of pyridine rings is 1. The van der Waals surface area contributed by atoms with Gasteiger partial charge in [-0.1, -0.05) is 18.2 Å². The molecule has 1 aliphatic heterocycles. The molecule has 32 heavy (non-hydrogen) atoms. The number of imidazole rings is 1. The van der Waals surface area contributed by atoms with E-state index >= 15 is 0 Å². The molecule has 0 spiro atoms. The summed E-state index contributed by atoms with van der Waals surface area (Å²) in [6.07, 6.45) is 2.57.